The van der Waals surface area contributed by atoms with Gasteiger partial charge in [0, 0.05) is 24.6 Å². The van der Waals surface area contributed by atoms with Gasteiger partial charge in [-0.05, 0) is 49.2 Å². The quantitative estimate of drug-likeness (QED) is 0.610. The highest BCUT2D eigenvalue weighted by Crippen LogP contribution is 2.40. The Bertz CT molecular complexity index is 743. The van der Waals surface area contributed by atoms with Crippen molar-refractivity contribution < 1.29 is 5.11 Å². The van der Waals surface area contributed by atoms with Crippen molar-refractivity contribution in [2.45, 2.75) is 13.8 Å². The summed E-state index contributed by atoms with van der Waals surface area (Å²) in [7, 11) is 0. The number of aromatic hydroxyl groups is 1. The largest absolute Gasteiger partial charge is 0.508 e. The number of halogens is 1. The number of thiophene rings is 1. The van der Waals surface area contributed by atoms with Gasteiger partial charge in [0.15, 0.2) is 0 Å². The lowest BCUT2D eigenvalue weighted by atomic mass is 10.1. The Kier molecular flexibility index (Phi) is 2.42. The Morgan fingerprint density at radius 3 is 2.65 bits per heavy atom. The van der Waals surface area contributed by atoms with Gasteiger partial charge in [-0.1, -0.05) is 15.9 Å². The molecule has 0 spiro atoms. The van der Waals surface area contributed by atoms with E-state index in [1.54, 1.807) is 17.4 Å². The number of hydrogen-bond donors (Lipinski definition) is 1. The Hall–Kier alpha value is -1.06. The summed E-state index contributed by atoms with van der Waals surface area (Å²) < 4.78 is 3.62. The van der Waals surface area contributed by atoms with Gasteiger partial charge in [0.2, 0.25) is 0 Å². The molecule has 0 bridgehead atoms. The summed E-state index contributed by atoms with van der Waals surface area (Å²) in [5.41, 5.74) is 2.53. The van der Waals surface area contributed by atoms with Gasteiger partial charge in [0.25, 0.3) is 0 Å². The van der Waals surface area contributed by atoms with Gasteiger partial charge in [-0.25, -0.2) is 0 Å². The first kappa shape index (κ1) is 11.1. The highest BCUT2D eigenvalue weighted by molar-refractivity contribution is 9.10. The molecule has 0 fully saturated rings. The average Bonchev–Trinajstić information content (AvgIpc) is 2.64. The molecular weight excluding hydrogens is 296 g/mol. The molecule has 17 heavy (non-hydrogen) atoms. The van der Waals surface area contributed by atoms with Crippen LogP contribution in [0, 0.1) is 13.8 Å². The van der Waals surface area contributed by atoms with Crippen LogP contribution < -0.4 is 0 Å². The molecule has 3 rings (SSSR count). The molecule has 0 unspecified atom stereocenters. The minimum atomic E-state index is 0.331. The van der Waals surface area contributed by atoms with Crippen molar-refractivity contribution in [1.29, 1.82) is 0 Å². The molecule has 0 saturated carbocycles. The minimum absolute atomic E-state index is 0.331. The first-order valence-corrected chi connectivity index (χ1v) is 7.00. The van der Waals surface area contributed by atoms with E-state index in [-0.39, 0.29) is 0 Å². The summed E-state index contributed by atoms with van der Waals surface area (Å²) in [5, 5.41) is 12.0. The smallest absolute Gasteiger partial charge is 0.117 e. The highest BCUT2D eigenvalue weighted by atomic mass is 79.9. The summed E-state index contributed by atoms with van der Waals surface area (Å²) in [6.07, 6.45) is 0. The number of aryl methyl sites for hydroxylation is 2. The second-order valence-electron chi connectivity index (χ2n) is 4.29. The van der Waals surface area contributed by atoms with E-state index in [1.807, 2.05) is 12.1 Å². The number of rotatable bonds is 0. The van der Waals surface area contributed by atoms with Crippen LogP contribution >= 0.6 is 27.3 Å². The van der Waals surface area contributed by atoms with Crippen molar-refractivity contribution >= 4 is 47.4 Å². The van der Waals surface area contributed by atoms with Crippen LogP contribution in [0.5, 0.6) is 5.75 Å². The van der Waals surface area contributed by atoms with Crippen molar-refractivity contribution in [2.75, 3.05) is 0 Å². The van der Waals surface area contributed by atoms with Gasteiger partial charge in [-0.15, -0.1) is 11.3 Å². The molecule has 2 aromatic carbocycles. The van der Waals surface area contributed by atoms with E-state index in [4.69, 9.17) is 0 Å². The molecule has 3 heteroatoms. The Balaban J connectivity index is 2.56. The summed E-state index contributed by atoms with van der Waals surface area (Å²) in [6.45, 7) is 4.25. The first-order chi connectivity index (χ1) is 8.08. The zero-order valence-corrected chi connectivity index (χ0v) is 11.9. The standard InChI is InChI=1S/C14H11BrOS/c1-7-5-11-10-4-3-9(16)6-12(10)17-14(11)8(2)13(7)15/h3-6,16H,1-2H3. The summed E-state index contributed by atoms with van der Waals surface area (Å²) >= 11 is 5.36. The molecular formula is C14H11BrOS. The highest BCUT2D eigenvalue weighted by Gasteiger charge is 2.11. The summed E-state index contributed by atoms with van der Waals surface area (Å²) in [5.74, 6) is 0.331. The van der Waals surface area contributed by atoms with E-state index in [9.17, 15) is 5.11 Å². The molecule has 1 nitrogen and oxygen atoms in total. The zero-order chi connectivity index (χ0) is 12.2. The number of phenols is 1. The maximum Gasteiger partial charge on any atom is 0.117 e. The topological polar surface area (TPSA) is 20.2 Å². The third kappa shape index (κ3) is 1.57. The molecule has 0 aliphatic heterocycles. The first-order valence-electron chi connectivity index (χ1n) is 5.39. The molecule has 1 heterocycles. The lowest BCUT2D eigenvalue weighted by Gasteiger charge is -2.04. The van der Waals surface area contributed by atoms with Crippen LogP contribution in [-0.4, -0.2) is 5.11 Å². The van der Waals surface area contributed by atoms with Gasteiger partial charge < -0.3 is 5.11 Å². The fourth-order valence-corrected chi connectivity index (χ4v) is 3.87. The maximum absolute atomic E-state index is 9.53. The molecule has 0 radical (unpaired) electrons. The van der Waals surface area contributed by atoms with Gasteiger partial charge in [-0.3, -0.25) is 0 Å². The van der Waals surface area contributed by atoms with Gasteiger partial charge in [0.1, 0.15) is 5.75 Å². The van der Waals surface area contributed by atoms with E-state index < -0.39 is 0 Å². The van der Waals surface area contributed by atoms with Crippen LogP contribution in [0.25, 0.3) is 20.2 Å². The van der Waals surface area contributed by atoms with Crippen LogP contribution in [0.4, 0.5) is 0 Å². The van der Waals surface area contributed by atoms with E-state index in [0.717, 1.165) is 4.70 Å². The SMILES string of the molecule is Cc1cc2c(sc3cc(O)ccc32)c(C)c1Br. The molecule has 1 N–H and O–H groups in total. The van der Waals surface area contributed by atoms with E-state index in [1.165, 1.54) is 31.1 Å². The van der Waals surface area contributed by atoms with Crippen LogP contribution in [0.3, 0.4) is 0 Å². The normalized spacial score (nSPS) is 11.5. The Morgan fingerprint density at radius 2 is 1.88 bits per heavy atom. The fraction of sp³-hybridized carbons (Fsp3) is 0.143. The van der Waals surface area contributed by atoms with Gasteiger partial charge >= 0.3 is 0 Å². The Labute approximate surface area is 112 Å². The lowest BCUT2D eigenvalue weighted by Crippen LogP contribution is -1.81. The lowest BCUT2D eigenvalue weighted by molar-refractivity contribution is 0.476. The van der Waals surface area contributed by atoms with E-state index >= 15 is 0 Å². The van der Waals surface area contributed by atoms with Crippen LogP contribution in [-0.2, 0) is 0 Å². The predicted molar refractivity (Wildman–Crippen MR) is 78.2 cm³/mol. The molecule has 0 aliphatic rings. The van der Waals surface area contributed by atoms with Crippen molar-refractivity contribution in [2.24, 2.45) is 0 Å². The van der Waals surface area contributed by atoms with Crippen molar-refractivity contribution in [1.82, 2.24) is 0 Å². The van der Waals surface area contributed by atoms with E-state index in [2.05, 4.69) is 35.8 Å². The number of hydrogen-bond acceptors (Lipinski definition) is 2. The second-order valence-corrected chi connectivity index (χ2v) is 6.14. The Morgan fingerprint density at radius 1 is 1.12 bits per heavy atom. The number of benzene rings is 2. The molecule has 0 amide bonds. The third-order valence-corrected chi connectivity index (χ3v) is 5.60. The zero-order valence-electron chi connectivity index (χ0n) is 9.54. The number of fused-ring (bicyclic) bond motifs is 3. The fourth-order valence-electron chi connectivity index (χ4n) is 2.20. The monoisotopic (exact) mass is 306 g/mol. The predicted octanol–water partition coefficient (Wildman–Crippen LogP) is 5.14. The molecule has 86 valence electrons. The van der Waals surface area contributed by atoms with Crippen molar-refractivity contribution in [3.05, 3.63) is 39.9 Å². The molecule has 0 aliphatic carbocycles. The molecule has 3 aromatic rings. The van der Waals surface area contributed by atoms with Crippen molar-refractivity contribution in [3.63, 3.8) is 0 Å². The molecule has 1 aromatic heterocycles. The summed E-state index contributed by atoms with van der Waals surface area (Å²) in [4.78, 5) is 0. The average molecular weight is 307 g/mol. The van der Waals surface area contributed by atoms with Crippen LogP contribution in [0.2, 0.25) is 0 Å². The maximum atomic E-state index is 9.53. The van der Waals surface area contributed by atoms with Crippen molar-refractivity contribution in [3.8, 4) is 5.75 Å². The number of phenolic OH excluding ortho intramolecular Hbond substituents is 1. The van der Waals surface area contributed by atoms with Crippen LogP contribution in [0.15, 0.2) is 28.7 Å². The second kappa shape index (κ2) is 3.72. The molecule has 0 atom stereocenters. The third-order valence-electron chi connectivity index (χ3n) is 3.09. The van der Waals surface area contributed by atoms with Gasteiger partial charge in [0.05, 0.1) is 0 Å². The summed E-state index contributed by atoms with van der Waals surface area (Å²) in [6, 6.07) is 7.79. The molecule has 0 saturated heterocycles. The van der Waals surface area contributed by atoms with Gasteiger partial charge in [-0.2, -0.15) is 0 Å². The van der Waals surface area contributed by atoms with Crippen LogP contribution in [0.1, 0.15) is 11.1 Å². The van der Waals surface area contributed by atoms with E-state index in [0.29, 0.717) is 5.75 Å². The minimum Gasteiger partial charge on any atom is -0.508 e.